The lowest BCUT2D eigenvalue weighted by Gasteiger charge is -2.30. The topological polar surface area (TPSA) is 41.6 Å². The summed E-state index contributed by atoms with van der Waals surface area (Å²) in [7, 11) is 2.15. The van der Waals surface area contributed by atoms with Gasteiger partial charge < -0.3 is 9.64 Å². The molecule has 1 N–H and O–H groups in total. The van der Waals surface area contributed by atoms with Crippen LogP contribution in [0.4, 0.5) is 0 Å². The van der Waals surface area contributed by atoms with Gasteiger partial charge in [0.1, 0.15) is 5.54 Å². The fourth-order valence-electron chi connectivity index (χ4n) is 2.30. The molecule has 2 saturated carbocycles. The Morgan fingerprint density at radius 2 is 2.06 bits per heavy atom. The van der Waals surface area contributed by atoms with Gasteiger partial charge in [0.05, 0.1) is 6.61 Å². The molecule has 0 spiro atoms. The fourth-order valence-corrected chi connectivity index (χ4v) is 2.30. The van der Waals surface area contributed by atoms with Gasteiger partial charge in [-0.15, -0.1) is 0 Å². The van der Waals surface area contributed by atoms with Gasteiger partial charge in [-0.2, -0.15) is 0 Å². The van der Waals surface area contributed by atoms with Crippen molar-refractivity contribution in [1.82, 2.24) is 10.2 Å². The SMILES string of the molecule is CCOC(=O)C(C)(CCN(C)C1CC1)NC1CC1. The van der Waals surface area contributed by atoms with Crippen molar-refractivity contribution in [1.29, 1.82) is 0 Å². The highest BCUT2D eigenvalue weighted by Crippen LogP contribution is 2.28. The minimum absolute atomic E-state index is 0.0962. The summed E-state index contributed by atoms with van der Waals surface area (Å²) in [6.45, 7) is 5.27. The maximum absolute atomic E-state index is 12.1. The molecule has 2 aliphatic carbocycles. The van der Waals surface area contributed by atoms with E-state index < -0.39 is 5.54 Å². The summed E-state index contributed by atoms with van der Waals surface area (Å²) in [5, 5.41) is 3.47. The van der Waals surface area contributed by atoms with Crippen molar-refractivity contribution < 1.29 is 9.53 Å². The molecular formula is C14H26N2O2. The molecule has 0 aromatic carbocycles. The van der Waals surface area contributed by atoms with Crippen molar-refractivity contribution in [2.45, 2.75) is 63.6 Å². The first kappa shape index (κ1) is 13.8. The molecule has 0 bridgehead atoms. The smallest absolute Gasteiger partial charge is 0.326 e. The number of ether oxygens (including phenoxy) is 1. The summed E-state index contributed by atoms with van der Waals surface area (Å²) < 4.78 is 5.22. The molecule has 104 valence electrons. The van der Waals surface area contributed by atoms with Gasteiger partial charge in [-0.1, -0.05) is 0 Å². The number of rotatable bonds is 8. The van der Waals surface area contributed by atoms with E-state index in [9.17, 15) is 4.79 Å². The van der Waals surface area contributed by atoms with E-state index in [-0.39, 0.29) is 5.97 Å². The monoisotopic (exact) mass is 254 g/mol. The summed E-state index contributed by atoms with van der Waals surface area (Å²) in [5.41, 5.74) is -0.514. The third-order valence-corrected chi connectivity index (χ3v) is 3.96. The second-order valence-corrected chi connectivity index (χ2v) is 5.93. The van der Waals surface area contributed by atoms with Crippen molar-refractivity contribution in [2.75, 3.05) is 20.2 Å². The molecule has 2 rings (SSSR count). The highest BCUT2D eigenvalue weighted by Gasteiger charge is 2.40. The number of hydrogen-bond acceptors (Lipinski definition) is 4. The zero-order valence-corrected chi connectivity index (χ0v) is 11.9. The molecule has 0 radical (unpaired) electrons. The van der Waals surface area contributed by atoms with Gasteiger partial charge in [0.2, 0.25) is 0 Å². The van der Waals surface area contributed by atoms with Gasteiger partial charge in [0.25, 0.3) is 0 Å². The molecule has 2 aliphatic rings. The van der Waals surface area contributed by atoms with E-state index in [1.807, 2.05) is 13.8 Å². The Bertz CT molecular complexity index is 300. The van der Waals surface area contributed by atoms with Crippen LogP contribution in [-0.4, -0.2) is 48.7 Å². The standard InChI is InChI=1S/C14H26N2O2/c1-4-18-13(17)14(2,15-11-5-6-11)9-10-16(3)12-7-8-12/h11-12,15H,4-10H2,1-3H3. The normalized spacial score (nSPS) is 22.9. The van der Waals surface area contributed by atoms with Gasteiger partial charge in [-0.3, -0.25) is 10.1 Å². The van der Waals surface area contributed by atoms with Gasteiger partial charge >= 0.3 is 5.97 Å². The average molecular weight is 254 g/mol. The van der Waals surface area contributed by atoms with E-state index in [1.54, 1.807) is 0 Å². The Morgan fingerprint density at radius 3 is 2.56 bits per heavy atom. The number of carbonyl (C=O) groups is 1. The summed E-state index contributed by atoms with van der Waals surface area (Å²) in [5.74, 6) is -0.0962. The highest BCUT2D eigenvalue weighted by molar-refractivity contribution is 5.80. The van der Waals surface area contributed by atoms with Crippen LogP contribution in [0.1, 0.15) is 46.0 Å². The highest BCUT2D eigenvalue weighted by atomic mass is 16.5. The number of hydrogen-bond donors (Lipinski definition) is 1. The van der Waals surface area contributed by atoms with Gasteiger partial charge in [0.15, 0.2) is 0 Å². The Balaban J connectivity index is 1.87. The first-order valence-corrected chi connectivity index (χ1v) is 7.20. The Labute approximate surface area is 110 Å². The number of nitrogens with one attached hydrogen (secondary N) is 1. The number of nitrogens with zero attached hydrogens (tertiary/aromatic N) is 1. The van der Waals surface area contributed by atoms with E-state index in [1.165, 1.54) is 25.7 Å². The lowest BCUT2D eigenvalue weighted by atomic mass is 9.97. The maximum atomic E-state index is 12.1. The van der Waals surface area contributed by atoms with Crippen molar-refractivity contribution in [3.63, 3.8) is 0 Å². The molecule has 18 heavy (non-hydrogen) atoms. The van der Waals surface area contributed by atoms with Gasteiger partial charge in [-0.25, -0.2) is 0 Å². The minimum atomic E-state index is -0.514. The van der Waals surface area contributed by atoms with E-state index in [4.69, 9.17) is 4.74 Å². The van der Waals surface area contributed by atoms with Crippen LogP contribution in [0.25, 0.3) is 0 Å². The number of esters is 1. The van der Waals surface area contributed by atoms with Crippen LogP contribution in [0.5, 0.6) is 0 Å². The lowest BCUT2D eigenvalue weighted by molar-refractivity contribution is -0.151. The second kappa shape index (κ2) is 5.57. The van der Waals surface area contributed by atoms with E-state index in [0.29, 0.717) is 12.6 Å². The zero-order chi connectivity index (χ0) is 13.2. The lowest BCUT2D eigenvalue weighted by Crippen LogP contribution is -2.53. The molecule has 1 unspecified atom stereocenters. The molecule has 1 atom stereocenters. The molecule has 0 amide bonds. The van der Waals surface area contributed by atoms with Crippen molar-refractivity contribution in [3.8, 4) is 0 Å². The van der Waals surface area contributed by atoms with Crippen LogP contribution >= 0.6 is 0 Å². The summed E-state index contributed by atoms with van der Waals surface area (Å²) in [4.78, 5) is 14.5. The second-order valence-electron chi connectivity index (χ2n) is 5.93. The predicted octanol–water partition coefficient (Wildman–Crippen LogP) is 1.54. The minimum Gasteiger partial charge on any atom is -0.465 e. The Hall–Kier alpha value is -0.610. The van der Waals surface area contributed by atoms with Gasteiger partial charge in [-0.05, 0) is 53.0 Å². The molecule has 0 aromatic heterocycles. The maximum Gasteiger partial charge on any atom is 0.326 e. The molecule has 4 nitrogen and oxygen atoms in total. The molecule has 0 aliphatic heterocycles. The largest absolute Gasteiger partial charge is 0.465 e. The molecular weight excluding hydrogens is 228 g/mol. The Morgan fingerprint density at radius 1 is 1.39 bits per heavy atom. The van der Waals surface area contributed by atoms with Crippen molar-refractivity contribution in [3.05, 3.63) is 0 Å². The molecule has 0 saturated heterocycles. The molecule has 4 heteroatoms. The third kappa shape index (κ3) is 3.69. The zero-order valence-electron chi connectivity index (χ0n) is 11.9. The Kier molecular flexibility index (Phi) is 4.28. The average Bonchev–Trinajstić information content (AvgIpc) is 3.18. The van der Waals surface area contributed by atoms with Crippen LogP contribution in [0.2, 0.25) is 0 Å². The van der Waals surface area contributed by atoms with E-state index in [2.05, 4.69) is 17.3 Å². The molecule has 2 fully saturated rings. The third-order valence-electron chi connectivity index (χ3n) is 3.96. The van der Waals surface area contributed by atoms with Gasteiger partial charge in [0, 0.05) is 18.6 Å². The van der Waals surface area contributed by atoms with Crippen LogP contribution in [0.3, 0.4) is 0 Å². The van der Waals surface area contributed by atoms with Crippen molar-refractivity contribution in [2.24, 2.45) is 0 Å². The predicted molar refractivity (Wildman–Crippen MR) is 71.5 cm³/mol. The summed E-state index contributed by atoms with van der Waals surface area (Å²) >= 11 is 0. The van der Waals surface area contributed by atoms with Crippen LogP contribution < -0.4 is 5.32 Å². The fraction of sp³-hybridized carbons (Fsp3) is 0.929. The van der Waals surface area contributed by atoms with Crippen LogP contribution in [0, 0.1) is 0 Å². The first-order chi connectivity index (χ1) is 8.55. The van der Waals surface area contributed by atoms with E-state index in [0.717, 1.165) is 19.0 Å². The van der Waals surface area contributed by atoms with Crippen LogP contribution in [-0.2, 0) is 9.53 Å². The summed E-state index contributed by atoms with van der Waals surface area (Å²) in [6, 6.07) is 1.27. The van der Waals surface area contributed by atoms with E-state index >= 15 is 0 Å². The number of carbonyl (C=O) groups excluding carboxylic acids is 1. The van der Waals surface area contributed by atoms with Crippen LogP contribution in [0.15, 0.2) is 0 Å². The summed E-state index contributed by atoms with van der Waals surface area (Å²) in [6.07, 6.45) is 5.82. The molecule has 0 heterocycles. The quantitative estimate of drug-likeness (QED) is 0.667. The first-order valence-electron chi connectivity index (χ1n) is 7.20. The molecule has 0 aromatic rings. The van der Waals surface area contributed by atoms with Crippen molar-refractivity contribution >= 4 is 5.97 Å².